The van der Waals surface area contributed by atoms with Gasteiger partial charge in [-0.15, -0.1) is 21.5 Å². The van der Waals surface area contributed by atoms with Crippen LogP contribution in [0.2, 0.25) is 10.0 Å². The molecule has 11 heteroatoms. The molecular formula is C22H21Cl2N5O2S2. The number of thiazole rings is 1. The molecule has 1 N–H and O–H groups in total. The first-order valence-electron chi connectivity index (χ1n) is 10.2. The van der Waals surface area contributed by atoms with Crippen molar-refractivity contribution in [3.05, 3.63) is 62.7 Å². The van der Waals surface area contributed by atoms with Crippen molar-refractivity contribution in [2.75, 3.05) is 6.54 Å². The molecule has 1 amide bonds. The highest BCUT2D eigenvalue weighted by Gasteiger charge is 2.21. The molecule has 0 fully saturated rings. The number of nitrogens with zero attached hydrogens (tertiary/aromatic N) is 4. The number of carbonyl (C=O) groups is 1. The molecule has 33 heavy (non-hydrogen) atoms. The molecule has 7 nitrogen and oxygen atoms in total. The Balaban J connectivity index is 1.54. The highest BCUT2D eigenvalue weighted by molar-refractivity contribution is 7.98. The quantitative estimate of drug-likeness (QED) is 0.258. The van der Waals surface area contributed by atoms with E-state index in [0.29, 0.717) is 56.4 Å². The molecular weight excluding hydrogens is 501 g/mol. The topological polar surface area (TPSA) is 85.8 Å². The fourth-order valence-electron chi connectivity index (χ4n) is 2.98. The van der Waals surface area contributed by atoms with Gasteiger partial charge in [0.05, 0.1) is 22.7 Å². The number of benzene rings is 1. The molecule has 3 heterocycles. The van der Waals surface area contributed by atoms with Crippen LogP contribution in [0, 0.1) is 5.92 Å². The van der Waals surface area contributed by atoms with Gasteiger partial charge in [-0.1, -0.05) is 48.8 Å². The number of hydrogen-bond acceptors (Lipinski definition) is 7. The van der Waals surface area contributed by atoms with E-state index in [-0.39, 0.29) is 5.91 Å². The minimum absolute atomic E-state index is 0.153. The van der Waals surface area contributed by atoms with Crippen LogP contribution in [-0.2, 0) is 5.75 Å². The van der Waals surface area contributed by atoms with Gasteiger partial charge in [0.25, 0.3) is 5.91 Å². The van der Waals surface area contributed by atoms with Crippen molar-refractivity contribution < 1.29 is 9.21 Å². The Morgan fingerprint density at radius 1 is 1.27 bits per heavy atom. The van der Waals surface area contributed by atoms with Gasteiger partial charge in [-0.05, 0) is 42.7 Å². The number of carbonyl (C=O) groups excluding carboxylic acids is 1. The van der Waals surface area contributed by atoms with Crippen LogP contribution in [0.5, 0.6) is 0 Å². The number of aromatic nitrogens is 4. The maximum absolute atomic E-state index is 12.3. The molecule has 0 unspecified atom stereocenters. The molecule has 0 radical (unpaired) electrons. The standard InChI is InChI=1S/C22H21Cl2N5O2S2/c1-13(2)7-8-25-21(30)16-11-32-19(26-16)12-33-22-28-27-20(18-4-3-9-31-18)29(22)17-6-5-14(23)10-15(17)24/h3-6,9-11,13H,7-8,12H2,1-2H3,(H,25,30). The van der Waals surface area contributed by atoms with Crippen LogP contribution in [0.3, 0.4) is 0 Å². The van der Waals surface area contributed by atoms with Crippen molar-refractivity contribution in [2.45, 2.75) is 31.2 Å². The van der Waals surface area contributed by atoms with E-state index in [1.165, 1.54) is 23.1 Å². The van der Waals surface area contributed by atoms with Crippen LogP contribution >= 0.6 is 46.3 Å². The zero-order valence-corrected chi connectivity index (χ0v) is 21.1. The summed E-state index contributed by atoms with van der Waals surface area (Å²) >= 11 is 15.5. The summed E-state index contributed by atoms with van der Waals surface area (Å²) in [5, 5.41) is 15.8. The third-order valence-corrected chi connectivity index (χ3v) is 7.15. The van der Waals surface area contributed by atoms with Crippen LogP contribution < -0.4 is 5.32 Å². The van der Waals surface area contributed by atoms with E-state index in [0.717, 1.165) is 11.4 Å². The van der Waals surface area contributed by atoms with E-state index in [2.05, 4.69) is 34.3 Å². The molecule has 172 valence electrons. The fourth-order valence-corrected chi connectivity index (χ4v) is 5.21. The minimum atomic E-state index is -0.153. The SMILES string of the molecule is CC(C)CCNC(=O)c1csc(CSc2nnc(-c3ccco3)n2-c2ccc(Cl)cc2Cl)n1. The highest BCUT2D eigenvalue weighted by Crippen LogP contribution is 2.34. The summed E-state index contributed by atoms with van der Waals surface area (Å²) in [5.41, 5.74) is 1.11. The van der Waals surface area contributed by atoms with Gasteiger partial charge in [0.15, 0.2) is 10.9 Å². The first kappa shape index (κ1) is 23.8. The van der Waals surface area contributed by atoms with E-state index in [4.69, 9.17) is 27.6 Å². The molecule has 1 aromatic carbocycles. The van der Waals surface area contributed by atoms with Crippen molar-refractivity contribution in [1.82, 2.24) is 25.1 Å². The molecule has 0 spiro atoms. The smallest absolute Gasteiger partial charge is 0.270 e. The van der Waals surface area contributed by atoms with Crippen LogP contribution in [-0.4, -0.2) is 32.2 Å². The molecule has 4 aromatic rings. The Bertz CT molecular complexity index is 1240. The summed E-state index contributed by atoms with van der Waals surface area (Å²) in [6.07, 6.45) is 2.51. The largest absolute Gasteiger partial charge is 0.461 e. The Kier molecular flexibility index (Phi) is 7.75. The Hall–Kier alpha value is -2.33. The molecule has 0 atom stereocenters. The lowest BCUT2D eigenvalue weighted by Gasteiger charge is -2.11. The van der Waals surface area contributed by atoms with Crippen molar-refractivity contribution in [3.8, 4) is 17.3 Å². The van der Waals surface area contributed by atoms with Crippen LogP contribution in [0.1, 0.15) is 35.8 Å². The van der Waals surface area contributed by atoms with E-state index in [1.807, 2.05) is 16.7 Å². The zero-order valence-electron chi connectivity index (χ0n) is 17.9. The van der Waals surface area contributed by atoms with E-state index in [1.54, 1.807) is 29.8 Å². The maximum atomic E-state index is 12.3. The van der Waals surface area contributed by atoms with Crippen LogP contribution in [0.25, 0.3) is 17.3 Å². The third-order valence-electron chi connectivity index (χ3n) is 4.64. The fraction of sp³-hybridized carbons (Fsp3) is 0.273. The van der Waals surface area contributed by atoms with Gasteiger partial charge in [-0.25, -0.2) is 4.98 Å². The molecule has 0 aliphatic heterocycles. The molecule has 0 saturated carbocycles. The van der Waals surface area contributed by atoms with Gasteiger partial charge < -0.3 is 9.73 Å². The summed E-state index contributed by atoms with van der Waals surface area (Å²) in [4.78, 5) is 16.8. The highest BCUT2D eigenvalue weighted by atomic mass is 35.5. The summed E-state index contributed by atoms with van der Waals surface area (Å²) in [6, 6.07) is 8.84. The third kappa shape index (κ3) is 5.78. The lowest BCUT2D eigenvalue weighted by atomic mass is 10.1. The number of nitrogens with one attached hydrogen (secondary N) is 1. The second kappa shape index (κ2) is 10.7. The van der Waals surface area contributed by atoms with Gasteiger partial charge in [-0.2, -0.15) is 0 Å². The molecule has 0 bridgehead atoms. The first-order valence-corrected chi connectivity index (χ1v) is 12.8. The number of halogens is 2. The monoisotopic (exact) mass is 521 g/mol. The molecule has 4 rings (SSSR count). The van der Waals surface area contributed by atoms with E-state index in [9.17, 15) is 4.79 Å². The minimum Gasteiger partial charge on any atom is -0.461 e. The first-order chi connectivity index (χ1) is 15.9. The lowest BCUT2D eigenvalue weighted by molar-refractivity contribution is 0.0947. The van der Waals surface area contributed by atoms with Gasteiger partial charge >= 0.3 is 0 Å². The summed E-state index contributed by atoms with van der Waals surface area (Å²) in [6.45, 7) is 4.88. The molecule has 0 aliphatic carbocycles. The van der Waals surface area contributed by atoms with Crippen LogP contribution in [0.4, 0.5) is 0 Å². The number of rotatable bonds is 9. The molecule has 3 aromatic heterocycles. The zero-order chi connectivity index (χ0) is 23.4. The van der Waals surface area contributed by atoms with Gasteiger partial charge in [0.1, 0.15) is 10.7 Å². The second-order valence-electron chi connectivity index (χ2n) is 7.57. The predicted octanol–water partition coefficient (Wildman–Crippen LogP) is 6.36. The number of furan rings is 1. The average molecular weight is 522 g/mol. The Morgan fingerprint density at radius 2 is 2.12 bits per heavy atom. The van der Waals surface area contributed by atoms with E-state index < -0.39 is 0 Å². The van der Waals surface area contributed by atoms with Gasteiger partial charge in [0, 0.05) is 16.9 Å². The summed E-state index contributed by atoms with van der Waals surface area (Å²) in [5.74, 6) is 1.99. The van der Waals surface area contributed by atoms with Crippen molar-refractivity contribution in [1.29, 1.82) is 0 Å². The van der Waals surface area contributed by atoms with Crippen LogP contribution in [0.15, 0.2) is 51.5 Å². The number of amides is 1. The molecule has 0 saturated heterocycles. The van der Waals surface area contributed by atoms with Crippen molar-refractivity contribution in [2.24, 2.45) is 5.92 Å². The number of hydrogen-bond donors (Lipinski definition) is 1. The number of thioether (sulfide) groups is 1. The predicted molar refractivity (Wildman–Crippen MR) is 133 cm³/mol. The lowest BCUT2D eigenvalue weighted by Crippen LogP contribution is -2.25. The Morgan fingerprint density at radius 3 is 2.85 bits per heavy atom. The van der Waals surface area contributed by atoms with Crippen molar-refractivity contribution >= 4 is 52.2 Å². The van der Waals surface area contributed by atoms with E-state index >= 15 is 0 Å². The van der Waals surface area contributed by atoms with Gasteiger partial charge in [-0.3, -0.25) is 9.36 Å². The second-order valence-corrected chi connectivity index (χ2v) is 10.3. The maximum Gasteiger partial charge on any atom is 0.270 e. The average Bonchev–Trinajstić information content (AvgIpc) is 3.52. The molecule has 0 aliphatic rings. The van der Waals surface area contributed by atoms with Crippen molar-refractivity contribution in [3.63, 3.8) is 0 Å². The summed E-state index contributed by atoms with van der Waals surface area (Å²) < 4.78 is 7.37. The Labute approximate surface area is 209 Å². The normalized spacial score (nSPS) is 11.3. The van der Waals surface area contributed by atoms with Gasteiger partial charge in [0.2, 0.25) is 5.82 Å². The summed E-state index contributed by atoms with van der Waals surface area (Å²) in [7, 11) is 0.